The molecule has 1 atom stereocenters. The maximum atomic E-state index is 12.8. The van der Waals surface area contributed by atoms with Crippen LogP contribution < -0.4 is 0 Å². The number of carbonyl (C=O) groups excluding carboxylic acids is 3. The fraction of sp³-hybridized carbons (Fsp3) is 0.655. The summed E-state index contributed by atoms with van der Waals surface area (Å²) in [6.07, 6.45) is 64.0. The predicted molar refractivity (Wildman–Crippen MR) is 260 cm³/mol. The summed E-state index contributed by atoms with van der Waals surface area (Å²) in [5.74, 6) is -1.04. The van der Waals surface area contributed by atoms with Gasteiger partial charge in [0.2, 0.25) is 0 Å². The molecular weight excluding hydrogens is 757 g/mol. The third-order valence-electron chi connectivity index (χ3n) is 10.1. The molecule has 0 aromatic carbocycles. The molecule has 0 aromatic rings. The molecule has 346 valence electrons. The summed E-state index contributed by atoms with van der Waals surface area (Å²) in [5.41, 5.74) is 0. The molecule has 0 rings (SSSR count). The molecule has 0 spiro atoms. The van der Waals surface area contributed by atoms with Crippen molar-refractivity contribution in [3.8, 4) is 0 Å². The first-order valence-corrected chi connectivity index (χ1v) is 24.8. The first-order chi connectivity index (χ1) is 30.0. The second-order valence-corrected chi connectivity index (χ2v) is 16.0. The first-order valence-electron chi connectivity index (χ1n) is 24.8. The van der Waals surface area contributed by atoms with E-state index in [1.54, 1.807) is 0 Å². The van der Waals surface area contributed by atoms with E-state index in [9.17, 15) is 14.4 Å². The Kier molecular flexibility index (Phi) is 46.0. The highest BCUT2D eigenvalue weighted by Crippen LogP contribution is 2.12. The lowest BCUT2D eigenvalue weighted by Crippen LogP contribution is -2.30. The van der Waals surface area contributed by atoms with Crippen LogP contribution in [0, 0.1) is 0 Å². The Labute approximate surface area is 375 Å². The normalized spacial score (nSPS) is 12.9. The fourth-order valence-corrected chi connectivity index (χ4v) is 6.34. The smallest absolute Gasteiger partial charge is 0.306 e. The second kappa shape index (κ2) is 49.0. The van der Waals surface area contributed by atoms with Crippen LogP contribution in [0.1, 0.15) is 213 Å². The van der Waals surface area contributed by atoms with Gasteiger partial charge in [0.15, 0.2) is 6.10 Å². The average molecular weight is 847 g/mol. The van der Waals surface area contributed by atoms with Gasteiger partial charge in [-0.05, 0) is 96.3 Å². The van der Waals surface area contributed by atoms with Gasteiger partial charge in [0.1, 0.15) is 13.2 Å². The molecule has 6 heteroatoms. The summed E-state index contributed by atoms with van der Waals surface area (Å²) >= 11 is 0. The summed E-state index contributed by atoms with van der Waals surface area (Å²) in [7, 11) is 0. The van der Waals surface area contributed by atoms with E-state index in [1.165, 1.54) is 70.6 Å². The van der Waals surface area contributed by atoms with Crippen molar-refractivity contribution in [3.63, 3.8) is 0 Å². The van der Waals surface area contributed by atoms with Crippen LogP contribution in [0.3, 0.4) is 0 Å². The lowest BCUT2D eigenvalue weighted by Gasteiger charge is -2.18. The van der Waals surface area contributed by atoms with Crippen molar-refractivity contribution in [2.45, 2.75) is 219 Å². The van der Waals surface area contributed by atoms with Crippen molar-refractivity contribution in [1.29, 1.82) is 0 Å². The van der Waals surface area contributed by atoms with Gasteiger partial charge in [0.25, 0.3) is 0 Å². The number of carbonyl (C=O) groups is 3. The quantitative estimate of drug-likeness (QED) is 0.0200. The largest absolute Gasteiger partial charge is 0.462 e. The number of hydrogen-bond donors (Lipinski definition) is 0. The lowest BCUT2D eigenvalue weighted by atomic mass is 10.1. The number of unbranched alkanes of at least 4 members (excludes halogenated alkanes) is 17. The van der Waals surface area contributed by atoms with Crippen molar-refractivity contribution < 1.29 is 28.6 Å². The second-order valence-electron chi connectivity index (χ2n) is 16.0. The number of esters is 3. The number of hydrogen-bond acceptors (Lipinski definition) is 6. The topological polar surface area (TPSA) is 78.9 Å². The molecule has 6 nitrogen and oxygen atoms in total. The Morgan fingerprint density at radius 1 is 0.361 bits per heavy atom. The Hall–Kier alpha value is -3.67. The van der Waals surface area contributed by atoms with Crippen LogP contribution in [0.25, 0.3) is 0 Å². The van der Waals surface area contributed by atoms with Gasteiger partial charge in [-0.25, -0.2) is 0 Å². The highest BCUT2D eigenvalue weighted by atomic mass is 16.6. The Morgan fingerprint density at radius 2 is 0.738 bits per heavy atom. The van der Waals surface area contributed by atoms with Crippen LogP contribution in [0.15, 0.2) is 97.2 Å². The number of ether oxygens (including phenoxy) is 3. The molecule has 0 fully saturated rings. The zero-order chi connectivity index (χ0) is 44.4. The molecule has 0 radical (unpaired) electrons. The first kappa shape index (κ1) is 57.3. The number of allylic oxidation sites excluding steroid dienone is 16. The summed E-state index contributed by atoms with van der Waals surface area (Å²) in [6.45, 7) is 6.35. The van der Waals surface area contributed by atoms with Crippen molar-refractivity contribution in [3.05, 3.63) is 97.2 Å². The molecule has 61 heavy (non-hydrogen) atoms. The predicted octanol–water partition coefficient (Wildman–Crippen LogP) is 16.2. The van der Waals surface area contributed by atoms with E-state index in [1.807, 2.05) is 12.2 Å². The van der Waals surface area contributed by atoms with E-state index in [-0.39, 0.29) is 37.5 Å². The van der Waals surface area contributed by atoms with Crippen LogP contribution in [0.4, 0.5) is 0 Å². The van der Waals surface area contributed by atoms with Crippen LogP contribution in [0.5, 0.6) is 0 Å². The molecule has 0 aromatic heterocycles. The molecule has 0 amide bonds. The summed E-state index contributed by atoms with van der Waals surface area (Å²) < 4.78 is 16.7. The van der Waals surface area contributed by atoms with Gasteiger partial charge in [-0.1, -0.05) is 195 Å². The summed E-state index contributed by atoms with van der Waals surface area (Å²) in [6, 6.07) is 0. The van der Waals surface area contributed by atoms with Gasteiger partial charge in [-0.2, -0.15) is 0 Å². The van der Waals surface area contributed by atoms with Gasteiger partial charge < -0.3 is 14.2 Å². The highest BCUT2D eigenvalue weighted by Gasteiger charge is 2.19. The third-order valence-corrected chi connectivity index (χ3v) is 10.1. The Morgan fingerprint density at radius 3 is 1.26 bits per heavy atom. The summed E-state index contributed by atoms with van der Waals surface area (Å²) in [4.78, 5) is 37.8. The van der Waals surface area contributed by atoms with Gasteiger partial charge >= 0.3 is 17.9 Å². The molecule has 0 aliphatic rings. The van der Waals surface area contributed by atoms with Crippen LogP contribution in [-0.2, 0) is 28.6 Å². The fourth-order valence-electron chi connectivity index (χ4n) is 6.34. The van der Waals surface area contributed by atoms with Crippen LogP contribution in [-0.4, -0.2) is 37.2 Å². The van der Waals surface area contributed by atoms with Crippen molar-refractivity contribution in [2.24, 2.45) is 0 Å². The molecule has 0 aliphatic carbocycles. The maximum Gasteiger partial charge on any atom is 0.306 e. The molecule has 0 heterocycles. The monoisotopic (exact) mass is 847 g/mol. The minimum Gasteiger partial charge on any atom is -0.462 e. The molecule has 1 unspecified atom stereocenters. The van der Waals surface area contributed by atoms with E-state index in [2.05, 4.69) is 106 Å². The maximum absolute atomic E-state index is 12.8. The minimum atomic E-state index is -0.822. The standard InChI is InChI=1S/C55H90O6/c1-4-7-10-13-16-19-22-24-26-28-30-33-36-39-42-45-48-54(57)60-51-52(50-59-53(56)47-44-41-38-35-32-21-18-15-12-9-6-3)61-55(58)49-46-43-40-37-34-31-29-27-25-23-20-17-14-11-8-5-2/h7,10,15-16,18-19,21,24,26-27,29-30,32-33,39,42,52H,4-6,8-9,11-14,17,20,22-23,25,28,31,34-38,40-41,43-51H2,1-3H3/b10-7-,18-15-,19-16-,26-24-,29-27-,32-21-,33-30-,42-39-. The van der Waals surface area contributed by atoms with E-state index in [4.69, 9.17) is 14.2 Å². The van der Waals surface area contributed by atoms with Crippen LogP contribution in [0.2, 0.25) is 0 Å². The van der Waals surface area contributed by atoms with Crippen molar-refractivity contribution in [1.82, 2.24) is 0 Å². The summed E-state index contributed by atoms with van der Waals surface area (Å²) in [5, 5.41) is 0. The van der Waals surface area contributed by atoms with E-state index in [0.717, 1.165) is 96.3 Å². The van der Waals surface area contributed by atoms with Crippen molar-refractivity contribution >= 4 is 17.9 Å². The van der Waals surface area contributed by atoms with Gasteiger partial charge in [-0.3, -0.25) is 14.4 Å². The molecule has 0 saturated heterocycles. The molecule has 0 saturated carbocycles. The van der Waals surface area contributed by atoms with Gasteiger partial charge in [0, 0.05) is 19.3 Å². The Balaban J connectivity index is 4.53. The Bertz CT molecular complexity index is 1250. The number of rotatable bonds is 43. The molecule has 0 N–H and O–H groups in total. The van der Waals surface area contributed by atoms with Crippen LogP contribution >= 0.6 is 0 Å². The molecule has 0 aliphatic heterocycles. The van der Waals surface area contributed by atoms with Crippen molar-refractivity contribution in [2.75, 3.05) is 13.2 Å². The zero-order valence-electron chi connectivity index (χ0n) is 39.4. The van der Waals surface area contributed by atoms with E-state index >= 15 is 0 Å². The highest BCUT2D eigenvalue weighted by molar-refractivity contribution is 5.71. The molecule has 0 bridgehead atoms. The van der Waals surface area contributed by atoms with Gasteiger partial charge in [-0.15, -0.1) is 0 Å². The average Bonchev–Trinajstić information content (AvgIpc) is 3.26. The molecular formula is C55H90O6. The SMILES string of the molecule is CC/C=C\C/C=C\C/C=C\C/C=C\C/C=C\CCC(=O)OCC(COC(=O)CCCCC/C=C\C=C/CCCC)OC(=O)CCCCCCC/C=C\CCCCCCCCC. The zero-order valence-corrected chi connectivity index (χ0v) is 39.4. The third kappa shape index (κ3) is 47.2. The van der Waals surface area contributed by atoms with Gasteiger partial charge in [0.05, 0.1) is 0 Å². The van der Waals surface area contributed by atoms with E-state index in [0.29, 0.717) is 19.3 Å². The lowest BCUT2D eigenvalue weighted by molar-refractivity contribution is -0.166. The minimum absolute atomic E-state index is 0.119. The van der Waals surface area contributed by atoms with E-state index < -0.39 is 6.10 Å².